The normalized spacial score (nSPS) is 16.0. The quantitative estimate of drug-likeness (QED) is 0.742. The second kappa shape index (κ2) is 7.47. The maximum absolute atomic E-state index is 12.7. The second-order valence-electron chi connectivity index (χ2n) is 5.82. The van der Waals surface area contributed by atoms with Crippen LogP contribution in [-0.4, -0.2) is 41.9 Å². The molecule has 124 valence electrons. The first-order chi connectivity index (χ1) is 11.1. The van der Waals surface area contributed by atoms with Gasteiger partial charge in [-0.15, -0.1) is 22.7 Å². The molecule has 23 heavy (non-hydrogen) atoms. The minimum Gasteiger partial charge on any atom is -0.335 e. The number of halogens is 1. The van der Waals surface area contributed by atoms with Crippen molar-refractivity contribution in [1.82, 2.24) is 9.80 Å². The van der Waals surface area contributed by atoms with E-state index in [4.69, 9.17) is 0 Å². The lowest BCUT2D eigenvalue weighted by molar-refractivity contribution is 0.0634. The van der Waals surface area contributed by atoms with E-state index >= 15 is 0 Å². The zero-order chi connectivity index (χ0) is 16.4. The monoisotopic (exact) mass is 412 g/mol. The molecule has 0 spiro atoms. The third kappa shape index (κ3) is 4.05. The van der Waals surface area contributed by atoms with Crippen LogP contribution in [0.4, 0.5) is 0 Å². The fourth-order valence-corrected chi connectivity index (χ4v) is 5.51. The van der Waals surface area contributed by atoms with Crippen molar-refractivity contribution in [2.24, 2.45) is 0 Å². The Balaban J connectivity index is 1.56. The van der Waals surface area contributed by atoms with E-state index in [1.807, 2.05) is 4.90 Å². The SMILES string of the molecule is CCc1cc(C(=O)N2CCN(Cc3ccc(Br)s3)CC2)sc1C. The first-order valence-electron chi connectivity index (χ1n) is 7.92. The van der Waals surface area contributed by atoms with E-state index in [-0.39, 0.29) is 5.91 Å². The van der Waals surface area contributed by atoms with Crippen molar-refractivity contribution < 1.29 is 4.79 Å². The van der Waals surface area contributed by atoms with Gasteiger partial charge in [0.25, 0.3) is 5.91 Å². The predicted octanol–water partition coefficient (Wildman–Crippen LogP) is 4.40. The van der Waals surface area contributed by atoms with Crippen molar-refractivity contribution in [1.29, 1.82) is 0 Å². The Morgan fingerprint density at radius 1 is 1.22 bits per heavy atom. The lowest BCUT2D eigenvalue weighted by atomic mass is 10.2. The lowest BCUT2D eigenvalue weighted by Gasteiger charge is -2.34. The topological polar surface area (TPSA) is 23.6 Å². The van der Waals surface area contributed by atoms with Gasteiger partial charge in [-0.2, -0.15) is 0 Å². The summed E-state index contributed by atoms with van der Waals surface area (Å²) in [5.74, 6) is 0.205. The Morgan fingerprint density at radius 2 is 1.96 bits per heavy atom. The highest BCUT2D eigenvalue weighted by Gasteiger charge is 2.24. The molecule has 6 heteroatoms. The van der Waals surface area contributed by atoms with Gasteiger partial charge in [0.05, 0.1) is 8.66 Å². The van der Waals surface area contributed by atoms with Crippen LogP contribution in [-0.2, 0) is 13.0 Å². The Kier molecular flexibility index (Phi) is 5.57. The summed E-state index contributed by atoms with van der Waals surface area (Å²) in [4.78, 5) is 20.6. The highest BCUT2D eigenvalue weighted by Crippen LogP contribution is 2.25. The third-order valence-corrected chi connectivity index (χ3v) is 6.97. The van der Waals surface area contributed by atoms with Crippen LogP contribution in [0.2, 0.25) is 0 Å². The van der Waals surface area contributed by atoms with Crippen LogP contribution in [0.5, 0.6) is 0 Å². The van der Waals surface area contributed by atoms with Crippen molar-refractivity contribution >= 4 is 44.5 Å². The summed E-state index contributed by atoms with van der Waals surface area (Å²) >= 11 is 6.94. The zero-order valence-electron chi connectivity index (χ0n) is 13.5. The summed E-state index contributed by atoms with van der Waals surface area (Å²) in [6.45, 7) is 8.78. The van der Waals surface area contributed by atoms with Gasteiger partial charge in [0, 0.05) is 42.5 Å². The number of hydrogen-bond donors (Lipinski definition) is 0. The van der Waals surface area contributed by atoms with Gasteiger partial charge in [-0.1, -0.05) is 6.92 Å². The number of hydrogen-bond acceptors (Lipinski definition) is 4. The van der Waals surface area contributed by atoms with Gasteiger partial charge in [0.2, 0.25) is 0 Å². The van der Waals surface area contributed by atoms with Gasteiger partial charge in [0.15, 0.2) is 0 Å². The standard InChI is InChI=1S/C17H21BrN2OS2/c1-3-13-10-15(22-12(13)2)17(21)20-8-6-19(7-9-20)11-14-4-5-16(18)23-14/h4-5,10H,3,6-9,11H2,1-2H3. The first-order valence-corrected chi connectivity index (χ1v) is 10.3. The highest BCUT2D eigenvalue weighted by molar-refractivity contribution is 9.11. The van der Waals surface area contributed by atoms with Gasteiger partial charge in [-0.3, -0.25) is 9.69 Å². The molecule has 0 bridgehead atoms. The van der Waals surface area contributed by atoms with Gasteiger partial charge in [-0.25, -0.2) is 0 Å². The molecule has 0 atom stereocenters. The molecule has 0 radical (unpaired) electrons. The molecule has 1 aliphatic rings. The smallest absolute Gasteiger partial charge is 0.264 e. The van der Waals surface area contributed by atoms with Crippen molar-refractivity contribution in [2.75, 3.05) is 26.2 Å². The van der Waals surface area contributed by atoms with Crippen molar-refractivity contribution in [3.05, 3.63) is 42.2 Å². The second-order valence-corrected chi connectivity index (χ2v) is 9.62. The molecule has 1 amide bonds. The van der Waals surface area contributed by atoms with Crippen LogP contribution in [0.3, 0.4) is 0 Å². The molecule has 0 unspecified atom stereocenters. The highest BCUT2D eigenvalue weighted by atomic mass is 79.9. The molecule has 0 saturated carbocycles. The van der Waals surface area contributed by atoms with Crippen LogP contribution in [0.1, 0.15) is 31.9 Å². The van der Waals surface area contributed by atoms with Crippen LogP contribution < -0.4 is 0 Å². The Hall–Kier alpha value is -0.690. The molecular formula is C17H21BrN2OS2. The van der Waals surface area contributed by atoms with E-state index in [0.29, 0.717) is 0 Å². The molecule has 3 heterocycles. The van der Waals surface area contributed by atoms with Crippen LogP contribution in [0.15, 0.2) is 22.0 Å². The van der Waals surface area contributed by atoms with Gasteiger partial charge in [0.1, 0.15) is 0 Å². The molecule has 1 fully saturated rings. The molecule has 2 aromatic rings. The minimum atomic E-state index is 0.205. The molecule has 2 aromatic heterocycles. The maximum atomic E-state index is 12.7. The number of thiophene rings is 2. The van der Waals surface area contributed by atoms with E-state index in [0.717, 1.165) is 44.0 Å². The number of piperazine rings is 1. The average molecular weight is 413 g/mol. The Morgan fingerprint density at radius 3 is 2.52 bits per heavy atom. The van der Waals surface area contributed by atoms with E-state index in [1.54, 1.807) is 22.7 Å². The first kappa shape index (κ1) is 17.1. The summed E-state index contributed by atoms with van der Waals surface area (Å²) in [6.07, 6.45) is 1.000. The van der Waals surface area contributed by atoms with Crippen LogP contribution in [0, 0.1) is 6.92 Å². The number of amides is 1. The lowest BCUT2D eigenvalue weighted by Crippen LogP contribution is -2.48. The molecule has 1 saturated heterocycles. The summed E-state index contributed by atoms with van der Waals surface area (Å²) in [5, 5.41) is 0. The fraction of sp³-hybridized carbons (Fsp3) is 0.471. The van der Waals surface area contributed by atoms with Crippen molar-refractivity contribution in [2.45, 2.75) is 26.8 Å². The van der Waals surface area contributed by atoms with Crippen LogP contribution >= 0.6 is 38.6 Å². The number of carbonyl (C=O) groups excluding carboxylic acids is 1. The zero-order valence-corrected chi connectivity index (χ0v) is 16.7. The molecule has 0 aromatic carbocycles. The van der Waals surface area contributed by atoms with Crippen LogP contribution in [0.25, 0.3) is 0 Å². The maximum Gasteiger partial charge on any atom is 0.264 e. The number of rotatable bonds is 4. The van der Waals surface area contributed by atoms with E-state index < -0.39 is 0 Å². The molecule has 0 N–H and O–H groups in total. The molecular weight excluding hydrogens is 392 g/mol. The van der Waals surface area contributed by atoms with Crippen molar-refractivity contribution in [3.63, 3.8) is 0 Å². The fourth-order valence-electron chi connectivity index (χ4n) is 2.90. The van der Waals surface area contributed by atoms with Crippen molar-refractivity contribution in [3.8, 4) is 0 Å². The molecule has 3 rings (SSSR count). The Bertz CT molecular complexity index is 687. The largest absolute Gasteiger partial charge is 0.335 e. The number of aryl methyl sites for hydroxylation is 2. The van der Waals surface area contributed by atoms with E-state index in [1.165, 1.54) is 19.1 Å². The average Bonchev–Trinajstić information content (AvgIpc) is 3.13. The molecule has 1 aliphatic heterocycles. The summed E-state index contributed by atoms with van der Waals surface area (Å²) in [7, 11) is 0. The summed E-state index contributed by atoms with van der Waals surface area (Å²) < 4.78 is 1.18. The molecule has 3 nitrogen and oxygen atoms in total. The van der Waals surface area contributed by atoms with Gasteiger partial charge in [-0.05, 0) is 53.0 Å². The van der Waals surface area contributed by atoms with E-state index in [9.17, 15) is 4.79 Å². The minimum absolute atomic E-state index is 0.205. The summed E-state index contributed by atoms with van der Waals surface area (Å²) in [6, 6.07) is 6.36. The third-order valence-electron chi connectivity index (χ3n) is 4.28. The number of carbonyl (C=O) groups is 1. The van der Waals surface area contributed by atoms with Gasteiger partial charge >= 0.3 is 0 Å². The summed E-state index contributed by atoms with van der Waals surface area (Å²) in [5.41, 5.74) is 1.31. The Labute approximate surface area is 154 Å². The van der Waals surface area contributed by atoms with Gasteiger partial charge < -0.3 is 4.90 Å². The van der Waals surface area contributed by atoms with E-state index in [2.05, 4.69) is 52.9 Å². The predicted molar refractivity (Wildman–Crippen MR) is 102 cm³/mol. The number of nitrogens with zero attached hydrogens (tertiary/aromatic N) is 2. The molecule has 0 aliphatic carbocycles.